The van der Waals surface area contributed by atoms with Gasteiger partial charge in [0.1, 0.15) is 16.9 Å². The molecule has 1 aromatic heterocycles. The summed E-state index contributed by atoms with van der Waals surface area (Å²) in [6, 6.07) is 35.2. The quantitative estimate of drug-likeness (QED) is 0.0871. The van der Waals surface area contributed by atoms with E-state index in [9.17, 15) is 4.79 Å². The Bertz CT molecular complexity index is 1980. The molecule has 0 aliphatic rings. The topological polar surface area (TPSA) is 42.7 Å². The summed E-state index contributed by atoms with van der Waals surface area (Å²) >= 11 is 1.96. The first-order chi connectivity index (χ1) is 21.5. The van der Waals surface area contributed by atoms with Gasteiger partial charge in [-0.2, -0.15) is 0 Å². The van der Waals surface area contributed by atoms with Crippen LogP contribution in [0.25, 0.3) is 32.5 Å². The van der Waals surface area contributed by atoms with Crippen LogP contribution in [0, 0.1) is 0 Å². The molecule has 6 rings (SSSR count). The summed E-state index contributed by atoms with van der Waals surface area (Å²) in [6.45, 7) is 8.96. The third-order valence-electron chi connectivity index (χ3n) is 8.57. The van der Waals surface area contributed by atoms with Crippen molar-refractivity contribution in [1.29, 1.82) is 0 Å². The second-order valence-corrected chi connectivity index (χ2v) is 14.9. The molecule has 0 saturated carbocycles. The van der Waals surface area contributed by atoms with Crippen molar-refractivity contribution in [2.75, 3.05) is 19.0 Å². The molecule has 5 aromatic carbocycles. The monoisotopic (exact) mass is 615 g/mol. The van der Waals surface area contributed by atoms with E-state index in [1.165, 1.54) is 43.8 Å². The average molecular weight is 616 g/mol. The minimum atomic E-state index is -0.665. The lowest BCUT2D eigenvalue weighted by atomic mass is 9.83. The van der Waals surface area contributed by atoms with Crippen molar-refractivity contribution in [3.05, 3.63) is 125 Å². The maximum absolute atomic E-state index is 11.9. The number of nitrogens with zero attached hydrogens (tertiary/aromatic N) is 1. The molecule has 45 heavy (non-hydrogen) atoms. The van der Waals surface area contributed by atoms with Gasteiger partial charge in [-0.05, 0) is 103 Å². The number of rotatable bonds is 10. The molecular formula is C40H41NO3S. The van der Waals surface area contributed by atoms with Gasteiger partial charge in [0, 0.05) is 52.5 Å². The zero-order valence-corrected chi connectivity index (χ0v) is 27.8. The molecule has 0 saturated heterocycles. The molecule has 0 bridgehead atoms. The van der Waals surface area contributed by atoms with Gasteiger partial charge < -0.3 is 14.1 Å². The lowest BCUT2D eigenvalue weighted by Gasteiger charge is -2.31. The molecule has 0 fully saturated rings. The Morgan fingerprint density at radius 2 is 1.36 bits per heavy atom. The Hall–Kier alpha value is -4.22. The summed E-state index contributed by atoms with van der Waals surface area (Å²) in [4.78, 5) is 15.3. The Morgan fingerprint density at radius 1 is 0.756 bits per heavy atom. The molecule has 0 aliphatic carbocycles. The van der Waals surface area contributed by atoms with Crippen LogP contribution in [0.1, 0.15) is 51.7 Å². The van der Waals surface area contributed by atoms with Gasteiger partial charge >= 0.3 is 5.63 Å². The lowest BCUT2D eigenvalue weighted by molar-refractivity contribution is 0.112. The molecule has 0 atom stereocenters. The van der Waals surface area contributed by atoms with E-state index in [2.05, 4.69) is 119 Å². The standard InChI is InChI=1S/C40H41NO3S/c1-39(2,45-30-22-19-28(20-23-30)41(5)6)25-11-16-31-32-12-7-9-14-34(32)38(35-15-10-8-13-33(31)35)40(3,4)44-29-21-17-27-18-24-37(42)43-36(27)26-29/h7-10,12-15,17-24,26H,11,16,25H2,1-6H3. The fourth-order valence-electron chi connectivity index (χ4n) is 6.46. The fraction of sp³-hybridized carbons (Fsp3) is 0.275. The first kappa shape index (κ1) is 30.8. The van der Waals surface area contributed by atoms with Crippen LogP contribution in [0.5, 0.6) is 5.75 Å². The number of thioether (sulfide) groups is 1. The summed E-state index contributed by atoms with van der Waals surface area (Å²) in [5.41, 5.74) is 3.26. The molecule has 4 nitrogen and oxygen atoms in total. The average Bonchev–Trinajstić information content (AvgIpc) is 3.00. The van der Waals surface area contributed by atoms with Crippen LogP contribution in [0.15, 0.2) is 117 Å². The van der Waals surface area contributed by atoms with Gasteiger partial charge in [-0.3, -0.25) is 0 Å². The van der Waals surface area contributed by atoms with Gasteiger partial charge in [-0.1, -0.05) is 62.4 Å². The van der Waals surface area contributed by atoms with Gasteiger partial charge in [-0.15, -0.1) is 11.8 Å². The molecule has 6 aromatic rings. The van der Waals surface area contributed by atoms with Crippen LogP contribution in [-0.4, -0.2) is 18.8 Å². The summed E-state index contributed by atoms with van der Waals surface area (Å²) < 4.78 is 12.3. The Kier molecular flexibility index (Phi) is 8.41. The number of hydrogen-bond acceptors (Lipinski definition) is 5. The Balaban J connectivity index is 1.31. The molecule has 0 spiro atoms. The fourth-order valence-corrected chi connectivity index (χ4v) is 7.62. The molecule has 1 heterocycles. The highest BCUT2D eigenvalue weighted by Crippen LogP contribution is 2.42. The molecular weight excluding hydrogens is 575 g/mol. The van der Waals surface area contributed by atoms with Gasteiger partial charge in [0.05, 0.1) is 0 Å². The van der Waals surface area contributed by atoms with Crippen LogP contribution in [0.4, 0.5) is 5.69 Å². The SMILES string of the molecule is CN(C)c1ccc(SC(C)(C)CCCc2c3ccccc3c(C(C)(C)Oc3ccc4ccc(=O)oc4c3)c3ccccc23)cc1. The van der Waals surface area contributed by atoms with Gasteiger partial charge in [0.25, 0.3) is 0 Å². The van der Waals surface area contributed by atoms with Crippen LogP contribution < -0.4 is 15.3 Å². The largest absolute Gasteiger partial charge is 0.483 e. The Morgan fingerprint density at radius 3 is 1.98 bits per heavy atom. The van der Waals surface area contributed by atoms with E-state index in [-0.39, 0.29) is 10.4 Å². The van der Waals surface area contributed by atoms with Crippen molar-refractivity contribution in [2.45, 2.75) is 62.2 Å². The second kappa shape index (κ2) is 12.3. The molecule has 0 unspecified atom stereocenters. The predicted molar refractivity (Wildman–Crippen MR) is 191 cm³/mol. The van der Waals surface area contributed by atoms with Crippen molar-refractivity contribution in [1.82, 2.24) is 0 Å². The number of anilines is 1. The van der Waals surface area contributed by atoms with E-state index in [0.717, 1.165) is 30.2 Å². The minimum absolute atomic E-state index is 0.111. The first-order valence-corrected chi connectivity index (χ1v) is 16.4. The van der Waals surface area contributed by atoms with E-state index >= 15 is 0 Å². The number of ether oxygens (including phenoxy) is 1. The minimum Gasteiger partial charge on any atom is -0.483 e. The third kappa shape index (κ3) is 6.60. The molecule has 0 radical (unpaired) electrons. The predicted octanol–water partition coefficient (Wildman–Crippen LogP) is 10.4. The number of hydrogen-bond donors (Lipinski definition) is 0. The van der Waals surface area contributed by atoms with E-state index in [4.69, 9.17) is 9.15 Å². The van der Waals surface area contributed by atoms with E-state index in [1.807, 2.05) is 30.0 Å². The van der Waals surface area contributed by atoms with Crippen molar-refractivity contribution in [3.63, 3.8) is 0 Å². The van der Waals surface area contributed by atoms with Gasteiger partial charge in [0.2, 0.25) is 0 Å². The van der Waals surface area contributed by atoms with Crippen molar-refractivity contribution < 1.29 is 9.15 Å². The van der Waals surface area contributed by atoms with E-state index in [1.54, 1.807) is 6.07 Å². The van der Waals surface area contributed by atoms with Crippen LogP contribution in [-0.2, 0) is 12.0 Å². The number of fused-ring (bicyclic) bond motifs is 3. The lowest BCUT2D eigenvalue weighted by Crippen LogP contribution is -2.26. The Labute approximate surface area is 270 Å². The van der Waals surface area contributed by atoms with Gasteiger partial charge in [0.15, 0.2) is 0 Å². The molecule has 0 amide bonds. The van der Waals surface area contributed by atoms with Crippen LogP contribution in [0.2, 0.25) is 0 Å². The zero-order valence-electron chi connectivity index (χ0n) is 27.0. The highest BCUT2D eigenvalue weighted by Gasteiger charge is 2.29. The summed E-state index contributed by atoms with van der Waals surface area (Å²) in [6.07, 6.45) is 3.19. The number of aryl methyl sites for hydroxylation is 1. The van der Waals surface area contributed by atoms with Crippen molar-refractivity contribution in [3.8, 4) is 5.75 Å². The molecule has 230 valence electrons. The zero-order chi connectivity index (χ0) is 31.8. The normalized spacial score (nSPS) is 12.2. The number of benzene rings is 5. The molecule has 0 aliphatic heterocycles. The second-order valence-electron chi connectivity index (χ2n) is 13.1. The highest BCUT2D eigenvalue weighted by atomic mass is 32.2. The molecule has 5 heteroatoms. The maximum Gasteiger partial charge on any atom is 0.336 e. The van der Waals surface area contributed by atoms with Crippen LogP contribution >= 0.6 is 11.8 Å². The molecule has 0 N–H and O–H groups in total. The highest BCUT2D eigenvalue weighted by molar-refractivity contribution is 8.00. The smallest absolute Gasteiger partial charge is 0.336 e. The maximum atomic E-state index is 11.9. The van der Waals surface area contributed by atoms with Crippen molar-refractivity contribution >= 4 is 50.0 Å². The third-order valence-corrected chi connectivity index (χ3v) is 9.83. The van der Waals surface area contributed by atoms with E-state index in [0.29, 0.717) is 11.3 Å². The summed E-state index contributed by atoms with van der Waals surface area (Å²) in [5.74, 6) is 0.662. The van der Waals surface area contributed by atoms with E-state index < -0.39 is 5.60 Å². The van der Waals surface area contributed by atoms with Gasteiger partial charge in [-0.25, -0.2) is 4.79 Å². The summed E-state index contributed by atoms with van der Waals surface area (Å²) in [5, 5.41) is 5.83. The van der Waals surface area contributed by atoms with Crippen molar-refractivity contribution in [2.24, 2.45) is 0 Å². The first-order valence-electron chi connectivity index (χ1n) is 15.6. The summed E-state index contributed by atoms with van der Waals surface area (Å²) in [7, 11) is 4.15. The van der Waals surface area contributed by atoms with Crippen LogP contribution in [0.3, 0.4) is 0 Å².